The Bertz CT molecular complexity index is 344. The summed E-state index contributed by atoms with van der Waals surface area (Å²) in [7, 11) is 0. The molecule has 0 radical (unpaired) electrons. The third-order valence-corrected chi connectivity index (χ3v) is 4.20. The van der Waals surface area contributed by atoms with E-state index in [4.69, 9.17) is 0 Å². The first-order valence-electron chi connectivity index (χ1n) is 8.20. The number of urea groups is 1. The first kappa shape index (κ1) is 17.8. The van der Waals surface area contributed by atoms with Gasteiger partial charge in [-0.1, -0.05) is 46.5 Å². The summed E-state index contributed by atoms with van der Waals surface area (Å²) in [5.74, 6) is -0.108. The number of amides is 2. The molecule has 2 N–H and O–H groups in total. The van der Waals surface area contributed by atoms with E-state index in [0.29, 0.717) is 13.1 Å². The minimum atomic E-state index is -0.899. The Morgan fingerprint density at radius 2 is 1.90 bits per heavy atom. The van der Waals surface area contributed by atoms with Crippen LogP contribution in [0, 0.1) is 11.8 Å². The van der Waals surface area contributed by atoms with Crippen molar-refractivity contribution in [1.82, 2.24) is 10.2 Å². The van der Waals surface area contributed by atoms with Gasteiger partial charge in [-0.25, -0.2) is 9.59 Å². The Balaban J connectivity index is 2.17. The molecule has 0 aromatic carbocycles. The molecule has 122 valence electrons. The van der Waals surface area contributed by atoms with E-state index in [1.165, 1.54) is 24.2 Å². The van der Waals surface area contributed by atoms with Gasteiger partial charge in [-0.2, -0.15) is 0 Å². The Hall–Kier alpha value is -1.26. The Morgan fingerprint density at radius 3 is 2.52 bits per heavy atom. The minimum Gasteiger partial charge on any atom is -0.480 e. The maximum absolute atomic E-state index is 12.0. The van der Waals surface area contributed by atoms with Gasteiger partial charge in [-0.05, 0) is 24.7 Å². The van der Waals surface area contributed by atoms with Crippen molar-refractivity contribution >= 4 is 12.0 Å². The Morgan fingerprint density at radius 1 is 1.24 bits per heavy atom. The van der Waals surface area contributed by atoms with Crippen LogP contribution < -0.4 is 5.32 Å². The minimum absolute atomic E-state index is 0.0317. The van der Waals surface area contributed by atoms with Gasteiger partial charge < -0.3 is 15.3 Å². The molecule has 5 heteroatoms. The van der Waals surface area contributed by atoms with Crippen molar-refractivity contribution in [3.63, 3.8) is 0 Å². The third-order valence-electron chi connectivity index (χ3n) is 4.20. The van der Waals surface area contributed by atoms with Crippen LogP contribution in [0.5, 0.6) is 0 Å². The molecule has 1 heterocycles. The molecule has 5 nitrogen and oxygen atoms in total. The second kappa shape index (κ2) is 8.90. The summed E-state index contributed by atoms with van der Waals surface area (Å²) < 4.78 is 0. The van der Waals surface area contributed by atoms with Crippen LogP contribution in [0.15, 0.2) is 0 Å². The number of carbonyl (C=O) groups excluding carboxylic acids is 1. The molecule has 0 aromatic rings. The van der Waals surface area contributed by atoms with Gasteiger partial charge in [0.2, 0.25) is 0 Å². The summed E-state index contributed by atoms with van der Waals surface area (Å²) in [5, 5.41) is 12.0. The average Bonchev–Trinajstić information content (AvgIpc) is 2.79. The summed E-state index contributed by atoms with van der Waals surface area (Å²) in [4.78, 5) is 24.7. The number of rotatable bonds is 8. The molecule has 0 aliphatic carbocycles. The van der Waals surface area contributed by atoms with Crippen molar-refractivity contribution in [3.8, 4) is 0 Å². The molecule has 1 rings (SSSR count). The van der Waals surface area contributed by atoms with Crippen LogP contribution >= 0.6 is 0 Å². The first-order chi connectivity index (χ1) is 9.93. The molecule has 1 aliphatic heterocycles. The normalized spacial score (nSPS) is 21.8. The lowest BCUT2D eigenvalue weighted by atomic mass is 10.0. The quantitative estimate of drug-likeness (QED) is 0.676. The van der Waals surface area contributed by atoms with Gasteiger partial charge in [0, 0.05) is 13.1 Å². The van der Waals surface area contributed by atoms with Crippen molar-refractivity contribution in [2.24, 2.45) is 11.8 Å². The van der Waals surface area contributed by atoms with Crippen LogP contribution in [0.3, 0.4) is 0 Å². The average molecular weight is 298 g/mol. The maximum Gasteiger partial charge on any atom is 0.326 e. The maximum atomic E-state index is 12.0. The topological polar surface area (TPSA) is 69.6 Å². The summed E-state index contributed by atoms with van der Waals surface area (Å²) in [6.07, 6.45) is 6.55. The molecule has 0 aromatic heterocycles. The number of carbonyl (C=O) groups is 2. The Kier molecular flexibility index (Phi) is 7.54. The van der Waals surface area contributed by atoms with E-state index in [2.05, 4.69) is 19.2 Å². The monoisotopic (exact) mass is 298 g/mol. The fourth-order valence-electron chi connectivity index (χ4n) is 2.88. The highest BCUT2D eigenvalue weighted by Gasteiger charge is 2.39. The smallest absolute Gasteiger partial charge is 0.326 e. The molecule has 1 fully saturated rings. The van der Waals surface area contributed by atoms with Crippen molar-refractivity contribution in [3.05, 3.63) is 0 Å². The Labute approximate surface area is 128 Å². The van der Waals surface area contributed by atoms with Crippen LogP contribution in [0.25, 0.3) is 0 Å². The molecular weight excluding hydrogens is 268 g/mol. The van der Waals surface area contributed by atoms with Gasteiger partial charge in [0.1, 0.15) is 6.04 Å². The number of nitrogens with zero attached hydrogens (tertiary/aromatic N) is 1. The zero-order chi connectivity index (χ0) is 15.8. The molecule has 0 spiro atoms. The van der Waals surface area contributed by atoms with E-state index < -0.39 is 12.0 Å². The van der Waals surface area contributed by atoms with Crippen LogP contribution in [-0.4, -0.2) is 41.1 Å². The number of hydrogen-bond acceptors (Lipinski definition) is 2. The number of carboxylic acid groups (broad SMARTS) is 1. The molecule has 21 heavy (non-hydrogen) atoms. The van der Waals surface area contributed by atoms with Gasteiger partial charge in [0.05, 0.1) is 0 Å². The van der Waals surface area contributed by atoms with Gasteiger partial charge in [-0.15, -0.1) is 0 Å². The molecular formula is C16H30N2O3. The molecule has 2 amide bonds. The second-order valence-corrected chi connectivity index (χ2v) is 6.57. The van der Waals surface area contributed by atoms with Gasteiger partial charge in [0.15, 0.2) is 0 Å². The number of carboxylic acids is 1. The zero-order valence-electron chi connectivity index (χ0n) is 13.6. The highest BCUT2D eigenvalue weighted by atomic mass is 16.4. The van der Waals surface area contributed by atoms with Crippen LogP contribution in [0.4, 0.5) is 4.79 Å². The SMILES string of the molecule is CC(C)CCCCCCNC(=O)N1CCC(C)C1C(=O)O. The lowest BCUT2D eigenvalue weighted by Crippen LogP contribution is -2.47. The standard InChI is InChI=1S/C16H30N2O3/c1-12(2)8-6-4-5-7-10-17-16(21)18-11-9-13(3)14(18)15(19)20/h12-14H,4-11H2,1-3H3,(H,17,21)(H,19,20). The van der Waals surface area contributed by atoms with Crippen molar-refractivity contribution in [2.45, 2.75) is 65.3 Å². The predicted molar refractivity (Wildman–Crippen MR) is 83.2 cm³/mol. The second-order valence-electron chi connectivity index (χ2n) is 6.57. The van der Waals surface area contributed by atoms with Crippen molar-refractivity contribution < 1.29 is 14.7 Å². The number of aliphatic carboxylic acids is 1. The number of nitrogens with one attached hydrogen (secondary N) is 1. The van der Waals surface area contributed by atoms with Crippen LogP contribution in [0.1, 0.15) is 59.3 Å². The lowest BCUT2D eigenvalue weighted by Gasteiger charge is -2.23. The third kappa shape index (κ3) is 5.94. The van der Waals surface area contributed by atoms with Crippen molar-refractivity contribution in [1.29, 1.82) is 0 Å². The van der Waals surface area contributed by atoms with E-state index in [9.17, 15) is 14.7 Å². The van der Waals surface area contributed by atoms with E-state index in [0.717, 1.165) is 25.2 Å². The van der Waals surface area contributed by atoms with Gasteiger partial charge >= 0.3 is 12.0 Å². The fraction of sp³-hybridized carbons (Fsp3) is 0.875. The highest BCUT2D eigenvalue weighted by Crippen LogP contribution is 2.23. The molecule has 1 aliphatic rings. The summed E-state index contributed by atoms with van der Waals surface area (Å²) in [5.41, 5.74) is 0. The van der Waals surface area contributed by atoms with Gasteiger partial charge in [-0.3, -0.25) is 0 Å². The zero-order valence-corrected chi connectivity index (χ0v) is 13.6. The predicted octanol–water partition coefficient (Wildman–Crippen LogP) is 3.10. The summed E-state index contributed by atoms with van der Waals surface area (Å²) in [6, 6.07) is -0.898. The molecule has 2 atom stereocenters. The van der Waals surface area contributed by atoms with Crippen LogP contribution in [-0.2, 0) is 4.79 Å². The van der Waals surface area contributed by atoms with Crippen LogP contribution in [0.2, 0.25) is 0 Å². The molecule has 1 saturated heterocycles. The fourth-order valence-corrected chi connectivity index (χ4v) is 2.88. The van der Waals surface area contributed by atoms with E-state index in [1.807, 2.05) is 6.92 Å². The molecule has 0 saturated carbocycles. The van der Waals surface area contributed by atoms with Crippen molar-refractivity contribution in [2.75, 3.05) is 13.1 Å². The van der Waals surface area contributed by atoms with E-state index >= 15 is 0 Å². The number of hydrogen-bond donors (Lipinski definition) is 2. The number of unbranched alkanes of at least 4 members (excludes halogenated alkanes) is 3. The van der Waals surface area contributed by atoms with E-state index in [1.54, 1.807) is 0 Å². The largest absolute Gasteiger partial charge is 0.480 e. The first-order valence-corrected chi connectivity index (χ1v) is 8.20. The molecule has 0 bridgehead atoms. The van der Waals surface area contributed by atoms with E-state index in [-0.39, 0.29) is 11.9 Å². The van der Waals surface area contributed by atoms with Gasteiger partial charge in [0.25, 0.3) is 0 Å². The number of likely N-dealkylation sites (tertiary alicyclic amines) is 1. The molecule has 2 unspecified atom stereocenters. The highest BCUT2D eigenvalue weighted by molar-refractivity contribution is 5.83. The summed E-state index contributed by atoms with van der Waals surface area (Å²) in [6.45, 7) is 7.53. The lowest BCUT2D eigenvalue weighted by molar-refractivity contribution is -0.142. The summed E-state index contributed by atoms with van der Waals surface area (Å²) >= 11 is 0.